The van der Waals surface area contributed by atoms with Crippen LogP contribution < -0.4 is 20.9 Å². The molecule has 37 heavy (non-hydrogen) atoms. The highest BCUT2D eigenvalue weighted by Crippen LogP contribution is 2.35. The summed E-state index contributed by atoms with van der Waals surface area (Å²) in [7, 11) is 4.73. The molecule has 0 aliphatic rings. The van der Waals surface area contributed by atoms with E-state index in [9.17, 15) is 9.59 Å². The number of rotatable bonds is 7. The monoisotopic (exact) mass is 577 g/mol. The lowest BCUT2D eigenvalue weighted by atomic mass is 10.1. The fourth-order valence-electron chi connectivity index (χ4n) is 3.17. The first-order chi connectivity index (χ1) is 17.4. The molecule has 3 rings (SSSR count). The van der Waals surface area contributed by atoms with Gasteiger partial charge in [-0.25, -0.2) is 9.59 Å². The molecule has 12 heteroatoms. The van der Waals surface area contributed by atoms with Gasteiger partial charge in [0.05, 0.1) is 59.6 Å². The summed E-state index contributed by atoms with van der Waals surface area (Å²) in [5.74, 6) is 0.132. The van der Waals surface area contributed by atoms with Crippen LogP contribution in [0.15, 0.2) is 34.9 Å². The lowest BCUT2D eigenvalue weighted by Crippen LogP contribution is -2.12. The summed E-state index contributed by atoms with van der Waals surface area (Å²) < 4.78 is 21.2. The number of methoxy groups -OCH3 is 2. The van der Waals surface area contributed by atoms with E-state index in [1.54, 1.807) is 53.1 Å². The van der Waals surface area contributed by atoms with Crippen LogP contribution in [0, 0.1) is 0 Å². The van der Waals surface area contributed by atoms with Crippen LogP contribution in [-0.4, -0.2) is 53.4 Å². The van der Waals surface area contributed by atoms with Crippen molar-refractivity contribution in [1.82, 2.24) is 15.0 Å². The molecule has 3 aromatic rings. The highest BCUT2D eigenvalue weighted by Gasteiger charge is 2.19. The molecule has 4 N–H and O–H groups in total. The summed E-state index contributed by atoms with van der Waals surface area (Å²) in [6.07, 6.45) is 1.21. The molecule has 11 nitrogen and oxygen atoms in total. The van der Waals surface area contributed by atoms with E-state index >= 15 is 0 Å². The van der Waals surface area contributed by atoms with Crippen molar-refractivity contribution in [1.29, 1.82) is 0 Å². The molecule has 0 radical (unpaired) electrons. The number of nitrogens with two attached hydrogens (primary N) is 2. The molecule has 0 saturated heterocycles. The normalized spacial score (nSPS) is 10.5. The first-order valence-electron chi connectivity index (χ1n) is 11.3. The second kappa shape index (κ2) is 12.9. The van der Waals surface area contributed by atoms with Gasteiger partial charge < -0.3 is 30.4 Å². The summed E-state index contributed by atoms with van der Waals surface area (Å²) in [4.78, 5) is 25.1. The van der Waals surface area contributed by atoms with Gasteiger partial charge in [-0.3, -0.25) is 0 Å². The third-order valence-corrected chi connectivity index (χ3v) is 5.22. The Morgan fingerprint density at radius 3 is 1.76 bits per heavy atom. The number of carbonyl (C=O) groups excluding carboxylic acids is 2. The summed E-state index contributed by atoms with van der Waals surface area (Å²) in [6.45, 7) is 7.16. The molecule has 1 aromatic heterocycles. The minimum atomic E-state index is -0.440. The van der Waals surface area contributed by atoms with Crippen molar-refractivity contribution < 1.29 is 28.5 Å². The number of ether oxygens (including phenoxy) is 4. The van der Waals surface area contributed by atoms with E-state index in [-0.39, 0.29) is 12.2 Å². The average molecular weight is 578 g/mol. The fourth-order valence-corrected chi connectivity index (χ4v) is 3.81. The van der Waals surface area contributed by atoms with E-state index in [1.165, 1.54) is 31.1 Å². The number of nitrogen functional groups attached to an aromatic ring is 2. The minimum absolute atomic E-state index is 0.158. The van der Waals surface area contributed by atoms with E-state index in [2.05, 4.69) is 26.1 Å². The Bertz CT molecular complexity index is 1240. The molecule has 0 unspecified atom stereocenters. The Morgan fingerprint density at radius 2 is 1.35 bits per heavy atom. The summed E-state index contributed by atoms with van der Waals surface area (Å²) in [5, 5.41) is 8.22. The van der Waals surface area contributed by atoms with Gasteiger partial charge in [-0.1, -0.05) is 0 Å². The Hall–Kier alpha value is -3.80. The van der Waals surface area contributed by atoms with Gasteiger partial charge in [0.2, 0.25) is 0 Å². The van der Waals surface area contributed by atoms with Crippen LogP contribution in [0.1, 0.15) is 48.4 Å². The number of hydrogen-bond donors (Lipinski definition) is 2. The first-order valence-corrected chi connectivity index (χ1v) is 12.1. The molecule has 0 amide bonds. The maximum Gasteiger partial charge on any atom is 0.338 e. The van der Waals surface area contributed by atoms with Gasteiger partial charge in [-0.15, -0.1) is 0 Å². The molecular formula is C25H32BrN5O6. The largest absolute Gasteiger partial charge is 0.494 e. The zero-order valence-corrected chi connectivity index (χ0v) is 23.5. The smallest absolute Gasteiger partial charge is 0.338 e. The molecule has 0 fully saturated rings. The summed E-state index contributed by atoms with van der Waals surface area (Å²) in [5.41, 5.74) is 14.4. The summed E-state index contributed by atoms with van der Waals surface area (Å²) >= 11 is 3.28. The second-order valence-corrected chi connectivity index (χ2v) is 9.21. The van der Waals surface area contributed by atoms with Crippen LogP contribution in [0.4, 0.5) is 11.4 Å². The topological polar surface area (TPSA) is 154 Å². The molecular weight excluding hydrogens is 546 g/mol. The number of nitrogens with zero attached hydrogens (tertiary/aromatic N) is 3. The van der Waals surface area contributed by atoms with Crippen molar-refractivity contribution in [3.05, 3.63) is 46.1 Å². The zero-order chi connectivity index (χ0) is 27.9. The second-order valence-electron chi connectivity index (χ2n) is 8.35. The van der Waals surface area contributed by atoms with Crippen molar-refractivity contribution in [2.45, 2.75) is 39.9 Å². The maximum atomic E-state index is 12.0. The van der Waals surface area contributed by atoms with Crippen molar-refractivity contribution >= 4 is 39.2 Å². The van der Waals surface area contributed by atoms with Crippen molar-refractivity contribution in [3.63, 3.8) is 0 Å². The minimum Gasteiger partial charge on any atom is -0.494 e. The first kappa shape index (κ1) is 29.4. The number of esters is 2. The zero-order valence-electron chi connectivity index (χ0n) is 21.9. The fraction of sp³-hybridized carbons (Fsp3) is 0.360. The Labute approximate surface area is 224 Å². The Balaban J connectivity index is 0.000000271. The molecule has 2 aromatic carbocycles. The SMILES string of the molecule is COc1c(N)cc(C(=O)OC(C)C)cc1-c1cnn(C)n1.COc1c(N)cc(C(=O)OC(C)C)cc1Br. The number of aromatic nitrogens is 3. The van der Waals surface area contributed by atoms with Crippen LogP contribution in [-0.2, 0) is 16.5 Å². The third kappa shape index (κ3) is 7.84. The number of benzene rings is 2. The van der Waals surface area contributed by atoms with Gasteiger partial charge >= 0.3 is 11.9 Å². The van der Waals surface area contributed by atoms with Gasteiger partial charge in [0.15, 0.2) is 11.5 Å². The number of hydrogen-bond acceptors (Lipinski definition) is 10. The van der Waals surface area contributed by atoms with Crippen LogP contribution in [0.25, 0.3) is 11.3 Å². The lowest BCUT2D eigenvalue weighted by Gasteiger charge is -2.13. The van der Waals surface area contributed by atoms with Gasteiger partial charge in [-0.2, -0.15) is 15.0 Å². The van der Waals surface area contributed by atoms with Crippen LogP contribution in [0.5, 0.6) is 11.5 Å². The van der Waals surface area contributed by atoms with Gasteiger partial charge in [0.1, 0.15) is 5.69 Å². The quantitative estimate of drug-likeness (QED) is 0.307. The molecule has 200 valence electrons. The molecule has 0 aliphatic heterocycles. The summed E-state index contributed by atoms with van der Waals surface area (Å²) in [6, 6.07) is 6.33. The molecule has 1 heterocycles. The third-order valence-electron chi connectivity index (χ3n) is 4.63. The van der Waals surface area contributed by atoms with E-state index in [1.807, 2.05) is 0 Å². The predicted octanol–water partition coefficient (Wildman–Crippen LogP) is 4.24. The van der Waals surface area contributed by atoms with E-state index in [4.69, 9.17) is 30.4 Å². The van der Waals surface area contributed by atoms with Gasteiger partial charge in [0.25, 0.3) is 0 Å². The Kier molecular flexibility index (Phi) is 10.3. The van der Waals surface area contributed by atoms with E-state index in [0.29, 0.717) is 49.7 Å². The molecule has 0 bridgehead atoms. The number of halogens is 1. The highest BCUT2D eigenvalue weighted by atomic mass is 79.9. The number of aryl methyl sites for hydroxylation is 1. The number of anilines is 2. The highest BCUT2D eigenvalue weighted by molar-refractivity contribution is 9.10. The van der Waals surface area contributed by atoms with Crippen LogP contribution in [0.3, 0.4) is 0 Å². The van der Waals surface area contributed by atoms with Gasteiger partial charge in [0, 0.05) is 12.6 Å². The molecule has 0 atom stereocenters. The van der Waals surface area contributed by atoms with Crippen LogP contribution in [0.2, 0.25) is 0 Å². The Morgan fingerprint density at radius 1 is 0.865 bits per heavy atom. The molecule has 0 aliphatic carbocycles. The van der Waals surface area contributed by atoms with Crippen molar-refractivity contribution in [3.8, 4) is 22.8 Å². The number of carbonyl (C=O) groups is 2. The van der Waals surface area contributed by atoms with Gasteiger partial charge in [-0.05, 0) is 67.9 Å². The molecule has 0 spiro atoms. The van der Waals surface area contributed by atoms with Crippen molar-refractivity contribution in [2.75, 3.05) is 25.7 Å². The predicted molar refractivity (Wildman–Crippen MR) is 144 cm³/mol. The lowest BCUT2D eigenvalue weighted by molar-refractivity contribution is 0.0367. The van der Waals surface area contributed by atoms with E-state index in [0.717, 1.165) is 0 Å². The van der Waals surface area contributed by atoms with E-state index < -0.39 is 11.9 Å². The maximum absolute atomic E-state index is 12.0. The van der Waals surface area contributed by atoms with Crippen LogP contribution >= 0.6 is 15.9 Å². The standard InChI is InChI=1S/C14H18N4O3.C11H14BrNO3/c1-8(2)21-14(19)9-5-10(12-7-16-18(3)17-12)13(20-4)11(15)6-9;1-6(2)16-11(14)7-4-8(12)10(15-3)9(13)5-7/h5-8H,15H2,1-4H3;4-6H,13H2,1-3H3. The molecule has 0 saturated carbocycles. The van der Waals surface area contributed by atoms with Crippen molar-refractivity contribution in [2.24, 2.45) is 7.05 Å². The average Bonchev–Trinajstić information content (AvgIpc) is 3.24.